The van der Waals surface area contributed by atoms with Crippen LogP contribution in [0.5, 0.6) is 11.8 Å². The first kappa shape index (κ1) is 22.3. The van der Waals surface area contributed by atoms with Crippen molar-refractivity contribution < 1.29 is 38.9 Å². The van der Waals surface area contributed by atoms with Crippen molar-refractivity contribution in [3.8, 4) is 11.8 Å². The summed E-state index contributed by atoms with van der Waals surface area (Å²) in [4.78, 5) is 40.9. The van der Waals surface area contributed by atoms with Gasteiger partial charge in [-0.1, -0.05) is 0 Å². The van der Waals surface area contributed by atoms with E-state index >= 15 is 0 Å². The van der Waals surface area contributed by atoms with Crippen LogP contribution in [0, 0.1) is 0 Å². The van der Waals surface area contributed by atoms with Crippen molar-refractivity contribution in [2.45, 2.75) is 51.7 Å². The molecule has 0 spiro atoms. The summed E-state index contributed by atoms with van der Waals surface area (Å²) >= 11 is 0. The van der Waals surface area contributed by atoms with Crippen molar-refractivity contribution in [3.05, 3.63) is 12.1 Å². The molecule has 1 unspecified atom stereocenters. The first-order valence-electron chi connectivity index (χ1n) is 8.35. The quantitative estimate of drug-likeness (QED) is 0.522. The summed E-state index contributed by atoms with van der Waals surface area (Å²) in [7, 11) is 1.45. The SMILES string of the molecule is COCCC(=O)NC(CCC(=O)On1c(O)ccc1O)C(=O)OC(C)(C)C. The Labute approximate surface area is 157 Å². The zero-order valence-electron chi connectivity index (χ0n) is 15.9. The van der Waals surface area contributed by atoms with Crippen LogP contribution in [0.4, 0.5) is 0 Å². The molecule has 152 valence electrons. The molecule has 0 radical (unpaired) electrons. The zero-order valence-corrected chi connectivity index (χ0v) is 15.9. The summed E-state index contributed by atoms with van der Waals surface area (Å²) < 4.78 is 10.6. The van der Waals surface area contributed by atoms with Crippen molar-refractivity contribution in [2.75, 3.05) is 13.7 Å². The highest BCUT2D eigenvalue weighted by molar-refractivity contribution is 5.85. The normalized spacial score (nSPS) is 12.3. The molecular weight excluding hydrogens is 360 g/mol. The van der Waals surface area contributed by atoms with E-state index in [0.29, 0.717) is 4.73 Å². The van der Waals surface area contributed by atoms with Gasteiger partial charge in [0.1, 0.15) is 11.6 Å². The standard InChI is InChI=1S/C17H26N2O8/c1-17(2,3)26-16(24)11(18-12(20)9-10-25-4)5-8-15(23)27-19-13(21)6-7-14(19)22/h6-7,11,21-22H,5,8-10H2,1-4H3,(H,18,20). The van der Waals surface area contributed by atoms with Gasteiger partial charge >= 0.3 is 11.9 Å². The number of rotatable bonds is 9. The first-order chi connectivity index (χ1) is 12.5. The summed E-state index contributed by atoms with van der Waals surface area (Å²) in [5, 5.41) is 21.4. The Balaban J connectivity index is 2.70. The Morgan fingerprint density at radius 2 is 1.74 bits per heavy atom. The fourth-order valence-electron chi connectivity index (χ4n) is 1.99. The Bertz CT molecular complexity index is 643. The van der Waals surface area contributed by atoms with Crippen LogP contribution < -0.4 is 10.2 Å². The highest BCUT2D eigenvalue weighted by Crippen LogP contribution is 2.19. The smallest absolute Gasteiger partial charge is 0.333 e. The molecule has 0 saturated heterocycles. The lowest BCUT2D eigenvalue weighted by Gasteiger charge is -2.24. The van der Waals surface area contributed by atoms with E-state index in [1.807, 2.05) is 0 Å². The minimum Gasteiger partial charge on any atom is -0.492 e. The predicted octanol–water partition coefficient (Wildman–Crippen LogP) is 0.498. The lowest BCUT2D eigenvalue weighted by Crippen LogP contribution is -2.44. The van der Waals surface area contributed by atoms with E-state index in [-0.39, 0.29) is 25.9 Å². The number of methoxy groups -OCH3 is 1. The molecule has 10 nitrogen and oxygen atoms in total. The number of carbonyl (C=O) groups is 3. The molecular formula is C17H26N2O8. The van der Waals surface area contributed by atoms with Gasteiger partial charge in [-0.2, -0.15) is 0 Å². The number of carbonyl (C=O) groups excluding carboxylic acids is 3. The fraction of sp³-hybridized carbons (Fsp3) is 0.588. The van der Waals surface area contributed by atoms with E-state index < -0.39 is 41.2 Å². The van der Waals surface area contributed by atoms with Crippen molar-refractivity contribution >= 4 is 17.8 Å². The molecule has 1 rings (SSSR count). The fourth-order valence-corrected chi connectivity index (χ4v) is 1.99. The Morgan fingerprint density at radius 3 is 2.26 bits per heavy atom. The van der Waals surface area contributed by atoms with Crippen molar-refractivity contribution in [1.29, 1.82) is 0 Å². The topological polar surface area (TPSA) is 136 Å². The molecule has 0 bridgehead atoms. The van der Waals surface area contributed by atoms with Crippen LogP contribution in [0.15, 0.2) is 12.1 Å². The minimum atomic E-state index is -1.06. The second-order valence-corrected chi connectivity index (χ2v) is 6.74. The molecule has 3 N–H and O–H groups in total. The minimum absolute atomic E-state index is 0.0470. The second kappa shape index (κ2) is 9.81. The summed E-state index contributed by atoms with van der Waals surface area (Å²) in [6.45, 7) is 5.22. The average molecular weight is 386 g/mol. The Kier molecular flexibility index (Phi) is 8.10. The van der Waals surface area contributed by atoms with Gasteiger partial charge in [-0.15, -0.1) is 4.73 Å². The first-order valence-corrected chi connectivity index (χ1v) is 8.35. The summed E-state index contributed by atoms with van der Waals surface area (Å²) in [5.74, 6) is -2.86. The highest BCUT2D eigenvalue weighted by atomic mass is 16.7. The van der Waals surface area contributed by atoms with E-state index in [0.717, 1.165) is 12.1 Å². The highest BCUT2D eigenvalue weighted by Gasteiger charge is 2.27. The van der Waals surface area contributed by atoms with E-state index in [1.165, 1.54) is 7.11 Å². The molecule has 0 fully saturated rings. The molecule has 27 heavy (non-hydrogen) atoms. The van der Waals surface area contributed by atoms with Crippen LogP contribution in [0.3, 0.4) is 0 Å². The largest absolute Gasteiger partial charge is 0.492 e. The number of amides is 1. The Hall–Kier alpha value is -2.75. The molecule has 10 heteroatoms. The monoisotopic (exact) mass is 386 g/mol. The molecule has 0 aliphatic carbocycles. The van der Waals surface area contributed by atoms with Crippen LogP contribution in [-0.2, 0) is 23.9 Å². The number of aromatic hydroxyl groups is 2. The van der Waals surface area contributed by atoms with Gasteiger partial charge in [-0.05, 0) is 27.2 Å². The van der Waals surface area contributed by atoms with Gasteiger partial charge in [0, 0.05) is 25.7 Å². The van der Waals surface area contributed by atoms with Gasteiger partial charge in [-0.3, -0.25) is 4.79 Å². The van der Waals surface area contributed by atoms with Gasteiger partial charge in [0.05, 0.1) is 13.0 Å². The van der Waals surface area contributed by atoms with Crippen LogP contribution in [0.1, 0.15) is 40.0 Å². The maximum absolute atomic E-state index is 12.3. The third-order valence-electron chi connectivity index (χ3n) is 3.19. The van der Waals surface area contributed by atoms with Crippen LogP contribution >= 0.6 is 0 Å². The number of esters is 1. The van der Waals surface area contributed by atoms with Gasteiger partial charge in [0.25, 0.3) is 0 Å². The van der Waals surface area contributed by atoms with E-state index in [9.17, 15) is 24.6 Å². The molecule has 0 saturated carbocycles. The zero-order chi connectivity index (χ0) is 20.6. The van der Waals surface area contributed by atoms with Crippen molar-refractivity contribution in [3.63, 3.8) is 0 Å². The molecule has 0 aromatic carbocycles. The van der Waals surface area contributed by atoms with Gasteiger partial charge in [-0.25, -0.2) is 9.59 Å². The van der Waals surface area contributed by atoms with Crippen molar-refractivity contribution in [2.24, 2.45) is 0 Å². The second-order valence-electron chi connectivity index (χ2n) is 6.74. The maximum Gasteiger partial charge on any atom is 0.333 e. The van der Waals surface area contributed by atoms with E-state index in [1.54, 1.807) is 20.8 Å². The number of nitrogens with zero attached hydrogens (tertiary/aromatic N) is 1. The molecule has 1 atom stereocenters. The number of nitrogens with one attached hydrogen (secondary N) is 1. The maximum atomic E-state index is 12.3. The summed E-state index contributed by atoms with van der Waals surface area (Å²) in [5.41, 5.74) is -0.768. The van der Waals surface area contributed by atoms with E-state index in [2.05, 4.69) is 5.32 Å². The van der Waals surface area contributed by atoms with E-state index in [4.69, 9.17) is 14.3 Å². The molecule has 0 aliphatic heterocycles. The number of aromatic nitrogens is 1. The molecule has 1 amide bonds. The summed E-state index contributed by atoms with van der Waals surface area (Å²) in [6.07, 6.45) is -0.313. The average Bonchev–Trinajstić information content (AvgIpc) is 2.86. The molecule has 1 aromatic rings. The lowest BCUT2D eigenvalue weighted by molar-refractivity contribution is -0.159. The van der Waals surface area contributed by atoms with Gasteiger partial charge < -0.3 is 29.8 Å². The Morgan fingerprint density at radius 1 is 1.15 bits per heavy atom. The number of hydrogen-bond acceptors (Lipinski definition) is 8. The van der Waals surface area contributed by atoms with Crippen LogP contribution in [0.2, 0.25) is 0 Å². The van der Waals surface area contributed by atoms with Crippen LogP contribution in [-0.4, -0.2) is 58.1 Å². The van der Waals surface area contributed by atoms with Crippen molar-refractivity contribution in [1.82, 2.24) is 10.0 Å². The van der Waals surface area contributed by atoms with Gasteiger partial charge in [0.15, 0.2) is 0 Å². The van der Waals surface area contributed by atoms with Crippen LogP contribution in [0.25, 0.3) is 0 Å². The van der Waals surface area contributed by atoms with Gasteiger partial charge in [0.2, 0.25) is 17.7 Å². The molecule has 0 aliphatic rings. The molecule has 1 heterocycles. The predicted molar refractivity (Wildman–Crippen MR) is 92.9 cm³/mol. The molecule has 1 aromatic heterocycles. The third kappa shape index (κ3) is 7.99. The number of ether oxygens (including phenoxy) is 2. The number of hydrogen-bond donors (Lipinski definition) is 3. The third-order valence-corrected chi connectivity index (χ3v) is 3.19. The summed E-state index contributed by atoms with van der Waals surface area (Å²) in [6, 6.07) is 1.22. The lowest BCUT2D eigenvalue weighted by atomic mass is 10.1.